The topological polar surface area (TPSA) is 29.9 Å². The van der Waals surface area contributed by atoms with Gasteiger partial charge in [0.2, 0.25) is 0 Å². The van der Waals surface area contributed by atoms with Gasteiger partial charge in [-0.25, -0.2) is 4.98 Å². The number of fused-ring (bicyclic) bond motifs is 1. The van der Waals surface area contributed by atoms with E-state index in [0.29, 0.717) is 6.54 Å². The number of nitrogens with zero attached hydrogens (tertiary/aromatic N) is 2. The van der Waals surface area contributed by atoms with Crippen LogP contribution in [0.3, 0.4) is 0 Å². The van der Waals surface area contributed by atoms with Gasteiger partial charge in [-0.05, 0) is 42.0 Å². The SMILES string of the molecule is Clc1ccc(Cn2c(CNc3ccccc3)nc3ccccc32)cc1. The van der Waals surface area contributed by atoms with Crippen LogP contribution in [0.15, 0.2) is 78.9 Å². The number of anilines is 1. The summed E-state index contributed by atoms with van der Waals surface area (Å²) in [7, 11) is 0. The van der Waals surface area contributed by atoms with Gasteiger partial charge < -0.3 is 9.88 Å². The minimum atomic E-state index is 0.673. The van der Waals surface area contributed by atoms with Crippen molar-refractivity contribution in [2.24, 2.45) is 0 Å². The Morgan fingerprint density at radius 2 is 1.56 bits per heavy atom. The molecule has 0 radical (unpaired) electrons. The average molecular weight is 348 g/mol. The normalized spacial score (nSPS) is 10.9. The first-order valence-electron chi connectivity index (χ1n) is 8.27. The zero-order chi connectivity index (χ0) is 17.1. The third kappa shape index (κ3) is 3.52. The summed E-state index contributed by atoms with van der Waals surface area (Å²) < 4.78 is 2.26. The summed E-state index contributed by atoms with van der Waals surface area (Å²) in [4.78, 5) is 4.82. The van der Waals surface area contributed by atoms with Crippen LogP contribution in [0.5, 0.6) is 0 Å². The first-order chi connectivity index (χ1) is 12.3. The second-order valence-electron chi connectivity index (χ2n) is 5.95. The molecule has 25 heavy (non-hydrogen) atoms. The molecule has 0 unspecified atom stereocenters. The highest BCUT2D eigenvalue weighted by molar-refractivity contribution is 6.30. The van der Waals surface area contributed by atoms with Gasteiger partial charge in [0.1, 0.15) is 5.82 Å². The quantitative estimate of drug-likeness (QED) is 0.527. The maximum absolute atomic E-state index is 6.01. The zero-order valence-corrected chi connectivity index (χ0v) is 14.4. The molecular formula is C21H18ClN3. The number of hydrogen-bond acceptors (Lipinski definition) is 2. The fourth-order valence-electron chi connectivity index (χ4n) is 2.95. The van der Waals surface area contributed by atoms with Crippen molar-refractivity contribution in [3.05, 3.63) is 95.3 Å². The summed E-state index contributed by atoms with van der Waals surface area (Å²) >= 11 is 6.01. The third-order valence-electron chi connectivity index (χ3n) is 4.21. The molecule has 0 aliphatic carbocycles. The van der Waals surface area contributed by atoms with E-state index in [1.54, 1.807) is 0 Å². The summed E-state index contributed by atoms with van der Waals surface area (Å²) in [6, 6.07) is 26.4. The van der Waals surface area contributed by atoms with E-state index in [1.807, 2.05) is 36.4 Å². The third-order valence-corrected chi connectivity index (χ3v) is 4.46. The molecule has 4 heteroatoms. The van der Waals surface area contributed by atoms with E-state index in [0.717, 1.165) is 34.1 Å². The molecular weight excluding hydrogens is 330 g/mol. The molecule has 0 saturated heterocycles. The van der Waals surface area contributed by atoms with Crippen LogP contribution in [0.4, 0.5) is 5.69 Å². The molecule has 0 aliphatic rings. The Labute approximate surface area is 151 Å². The Hall–Kier alpha value is -2.78. The van der Waals surface area contributed by atoms with Gasteiger partial charge in [-0.3, -0.25) is 0 Å². The fraction of sp³-hybridized carbons (Fsp3) is 0.0952. The van der Waals surface area contributed by atoms with Gasteiger partial charge in [0, 0.05) is 17.3 Å². The highest BCUT2D eigenvalue weighted by Gasteiger charge is 2.10. The Bertz CT molecular complexity index is 975. The van der Waals surface area contributed by atoms with Crippen molar-refractivity contribution in [1.82, 2.24) is 9.55 Å². The van der Waals surface area contributed by atoms with E-state index in [9.17, 15) is 0 Å². The van der Waals surface area contributed by atoms with Crippen LogP contribution in [0.1, 0.15) is 11.4 Å². The standard InChI is InChI=1S/C21H18ClN3/c22-17-12-10-16(11-13-17)15-25-20-9-5-4-8-19(20)24-21(25)14-23-18-6-2-1-3-7-18/h1-13,23H,14-15H2. The molecule has 4 rings (SSSR count). The highest BCUT2D eigenvalue weighted by atomic mass is 35.5. The number of halogens is 1. The van der Waals surface area contributed by atoms with Crippen LogP contribution >= 0.6 is 11.6 Å². The number of aromatic nitrogens is 2. The van der Waals surface area contributed by atoms with Crippen molar-refractivity contribution >= 4 is 28.3 Å². The van der Waals surface area contributed by atoms with Crippen molar-refractivity contribution in [1.29, 1.82) is 0 Å². The number of imidazole rings is 1. The molecule has 0 fully saturated rings. The monoisotopic (exact) mass is 347 g/mol. The molecule has 0 aliphatic heterocycles. The molecule has 1 aromatic heterocycles. The number of nitrogens with one attached hydrogen (secondary N) is 1. The first kappa shape index (κ1) is 15.7. The minimum absolute atomic E-state index is 0.673. The molecule has 3 aromatic carbocycles. The Balaban J connectivity index is 1.66. The van der Waals surface area contributed by atoms with Crippen LogP contribution in [-0.4, -0.2) is 9.55 Å². The van der Waals surface area contributed by atoms with Gasteiger partial charge in [-0.2, -0.15) is 0 Å². The molecule has 0 saturated carbocycles. The van der Waals surface area contributed by atoms with E-state index in [-0.39, 0.29) is 0 Å². The van der Waals surface area contributed by atoms with Gasteiger partial charge in [0.25, 0.3) is 0 Å². The summed E-state index contributed by atoms with van der Waals surface area (Å²) in [6.45, 7) is 1.44. The summed E-state index contributed by atoms with van der Waals surface area (Å²) in [5, 5.41) is 4.21. The van der Waals surface area contributed by atoms with Gasteiger partial charge in [-0.1, -0.05) is 54.1 Å². The number of para-hydroxylation sites is 3. The number of rotatable bonds is 5. The van der Waals surface area contributed by atoms with E-state index in [4.69, 9.17) is 16.6 Å². The van der Waals surface area contributed by atoms with E-state index < -0.39 is 0 Å². The van der Waals surface area contributed by atoms with Crippen LogP contribution in [0.25, 0.3) is 11.0 Å². The lowest BCUT2D eigenvalue weighted by Crippen LogP contribution is -2.09. The summed E-state index contributed by atoms with van der Waals surface area (Å²) in [6.07, 6.45) is 0. The maximum atomic E-state index is 6.01. The van der Waals surface area contributed by atoms with Crippen molar-refractivity contribution in [3.63, 3.8) is 0 Å². The molecule has 0 spiro atoms. The first-order valence-corrected chi connectivity index (χ1v) is 8.65. The minimum Gasteiger partial charge on any atom is -0.378 e. The van der Waals surface area contributed by atoms with Crippen molar-refractivity contribution in [2.45, 2.75) is 13.1 Å². The van der Waals surface area contributed by atoms with Crippen molar-refractivity contribution in [3.8, 4) is 0 Å². The van der Waals surface area contributed by atoms with Crippen LogP contribution in [0, 0.1) is 0 Å². The molecule has 3 nitrogen and oxygen atoms in total. The molecule has 0 amide bonds. The Morgan fingerprint density at radius 3 is 2.36 bits per heavy atom. The molecule has 0 atom stereocenters. The summed E-state index contributed by atoms with van der Waals surface area (Å²) in [5.41, 5.74) is 4.45. The molecule has 4 aromatic rings. The Morgan fingerprint density at radius 1 is 0.840 bits per heavy atom. The number of hydrogen-bond donors (Lipinski definition) is 1. The van der Waals surface area contributed by atoms with Gasteiger partial charge in [0.05, 0.1) is 17.6 Å². The lowest BCUT2D eigenvalue weighted by molar-refractivity contribution is 0.756. The smallest absolute Gasteiger partial charge is 0.129 e. The summed E-state index contributed by atoms with van der Waals surface area (Å²) in [5.74, 6) is 1.01. The lowest BCUT2D eigenvalue weighted by Gasteiger charge is -2.11. The van der Waals surface area contributed by atoms with Gasteiger partial charge in [-0.15, -0.1) is 0 Å². The second kappa shape index (κ2) is 6.99. The van der Waals surface area contributed by atoms with Crippen LogP contribution in [0.2, 0.25) is 5.02 Å². The van der Waals surface area contributed by atoms with Crippen LogP contribution in [-0.2, 0) is 13.1 Å². The highest BCUT2D eigenvalue weighted by Crippen LogP contribution is 2.20. The molecule has 1 heterocycles. The second-order valence-corrected chi connectivity index (χ2v) is 6.39. The van der Waals surface area contributed by atoms with Crippen molar-refractivity contribution in [2.75, 3.05) is 5.32 Å². The fourth-order valence-corrected chi connectivity index (χ4v) is 3.07. The van der Waals surface area contributed by atoms with Gasteiger partial charge >= 0.3 is 0 Å². The maximum Gasteiger partial charge on any atom is 0.129 e. The van der Waals surface area contributed by atoms with Crippen LogP contribution < -0.4 is 5.32 Å². The predicted octanol–water partition coefficient (Wildman–Crippen LogP) is 5.35. The lowest BCUT2D eigenvalue weighted by atomic mass is 10.2. The van der Waals surface area contributed by atoms with Gasteiger partial charge in [0.15, 0.2) is 0 Å². The zero-order valence-electron chi connectivity index (χ0n) is 13.7. The Kier molecular flexibility index (Phi) is 4.40. The van der Waals surface area contributed by atoms with E-state index in [1.165, 1.54) is 5.56 Å². The van der Waals surface area contributed by atoms with E-state index in [2.05, 4.69) is 52.3 Å². The number of benzene rings is 3. The largest absolute Gasteiger partial charge is 0.378 e. The predicted molar refractivity (Wildman–Crippen MR) is 104 cm³/mol. The van der Waals surface area contributed by atoms with E-state index >= 15 is 0 Å². The average Bonchev–Trinajstić information content (AvgIpc) is 3.00. The molecule has 1 N–H and O–H groups in total. The van der Waals surface area contributed by atoms with Crippen molar-refractivity contribution < 1.29 is 0 Å². The molecule has 124 valence electrons. The molecule has 0 bridgehead atoms.